The molecule has 8 heteroatoms. The van der Waals surface area contributed by atoms with E-state index in [0.717, 1.165) is 29.7 Å². The van der Waals surface area contributed by atoms with Gasteiger partial charge in [-0.2, -0.15) is 0 Å². The standard InChI is InChI=1S/C17H13F3N2O2S/c18-17(19,20)24-11-6-4-10(5-7-11)8-22-9-21-15-14(16(22)23)12-2-1-3-13(12)25-15/h4-7,9H,1-3,8H2. The summed E-state index contributed by atoms with van der Waals surface area (Å²) in [6.45, 7) is 0.249. The summed E-state index contributed by atoms with van der Waals surface area (Å²) in [5.74, 6) is -0.284. The number of ether oxygens (including phenoxy) is 1. The zero-order valence-electron chi connectivity index (χ0n) is 13.0. The summed E-state index contributed by atoms with van der Waals surface area (Å²) >= 11 is 1.58. The van der Waals surface area contributed by atoms with Crippen LogP contribution in [0.3, 0.4) is 0 Å². The zero-order chi connectivity index (χ0) is 17.6. The van der Waals surface area contributed by atoms with E-state index in [1.54, 1.807) is 11.3 Å². The molecule has 1 aliphatic rings. The molecule has 0 N–H and O–H groups in total. The highest BCUT2D eigenvalue weighted by Gasteiger charge is 2.31. The molecule has 25 heavy (non-hydrogen) atoms. The summed E-state index contributed by atoms with van der Waals surface area (Å²) in [5, 5.41) is 0.692. The maximum absolute atomic E-state index is 12.8. The first kappa shape index (κ1) is 16.1. The molecule has 0 unspecified atom stereocenters. The minimum absolute atomic E-state index is 0.0972. The Kier molecular flexibility index (Phi) is 3.79. The molecule has 3 aromatic rings. The SMILES string of the molecule is O=c1c2c3c(sc2ncn1Cc1ccc(OC(F)(F)F)cc1)CCC3. The molecule has 0 aliphatic heterocycles. The Morgan fingerprint density at radius 2 is 1.96 bits per heavy atom. The minimum Gasteiger partial charge on any atom is -0.406 e. The van der Waals surface area contributed by atoms with Gasteiger partial charge in [-0.15, -0.1) is 24.5 Å². The van der Waals surface area contributed by atoms with Crippen molar-refractivity contribution in [2.24, 2.45) is 0 Å². The van der Waals surface area contributed by atoms with Crippen LogP contribution in [0.25, 0.3) is 10.2 Å². The van der Waals surface area contributed by atoms with E-state index in [-0.39, 0.29) is 17.9 Å². The fraction of sp³-hybridized carbons (Fsp3) is 0.294. The summed E-state index contributed by atoms with van der Waals surface area (Å²) in [7, 11) is 0. The van der Waals surface area contributed by atoms with Crippen LogP contribution >= 0.6 is 11.3 Å². The Hall–Kier alpha value is -2.35. The molecule has 0 saturated heterocycles. The Morgan fingerprint density at radius 1 is 1.20 bits per heavy atom. The Bertz CT molecular complexity index is 990. The first-order valence-electron chi connectivity index (χ1n) is 7.75. The van der Waals surface area contributed by atoms with Gasteiger partial charge in [0, 0.05) is 4.88 Å². The Morgan fingerprint density at radius 3 is 2.68 bits per heavy atom. The third kappa shape index (κ3) is 3.13. The second kappa shape index (κ2) is 5.87. The number of aromatic nitrogens is 2. The first-order valence-corrected chi connectivity index (χ1v) is 8.57. The highest BCUT2D eigenvalue weighted by Crippen LogP contribution is 2.34. The predicted octanol–water partition coefficient (Wildman–Crippen LogP) is 3.89. The molecule has 130 valence electrons. The second-order valence-corrected chi connectivity index (χ2v) is 6.99. The maximum atomic E-state index is 12.8. The van der Waals surface area contributed by atoms with Crippen molar-refractivity contribution >= 4 is 21.6 Å². The molecule has 4 nitrogen and oxygen atoms in total. The quantitative estimate of drug-likeness (QED) is 0.706. The van der Waals surface area contributed by atoms with Gasteiger partial charge in [-0.1, -0.05) is 12.1 Å². The van der Waals surface area contributed by atoms with Crippen LogP contribution in [0.1, 0.15) is 22.4 Å². The van der Waals surface area contributed by atoms with E-state index in [1.165, 1.54) is 40.0 Å². The molecule has 2 heterocycles. The lowest BCUT2D eigenvalue weighted by molar-refractivity contribution is -0.274. The Labute approximate surface area is 144 Å². The van der Waals surface area contributed by atoms with Gasteiger partial charge in [0.25, 0.3) is 5.56 Å². The lowest BCUT2D eigenvalue weighted by Crippen LogP contribution is -2.21. The number of fused-ring (bicyclic) bond motifs is 3. The fourth-order valence-electron chi connectivity index (χ4n) is 3.13. The topological polar surface area (TPSA) is 44.1 Å². The lowest BCUT2D eigenvalue weighted by atomic mass is 10.2. The van der Waals surface area contributed by atoms with Crippen LogP contribution in [0, 0.1) is 0 Å². The van der Waals surface area contributed by atoms with E-state index < -0.39 is 6.36 Å². The summed E-state index contributed by atoms with van der Waals surface area (Å²) < 4.78 is 41.9. The van der Waals surface area contributed by atoms with Crippen LogP contribution in [0.4, 0.5) is 13.2 Å². The van der Waals surface area contributed by atoms with E-state index in [0.29, 0.717) is 10.9 Å². The molecule has 0 fully saturated rings. The third-order valence-corrected chi connectivity index (χ3v) is 5.40. The van der Waals surface area contributed by atoms with E-state index >= 15 is 0 Å². The average molecular weight is 366 g/mol. The molecule has 0 saturated carbocycles. The molecule has 0 spiro atoms. The molecule has 0 amide bonds. The van der Waals surface area contributed by atoms with Crippen LogP contribution in [0.15, 0.2) is 35.4 Å². The van der Waals surface area contributed by atoms with E-state index in [1.807, 2.05) is 0 Å². The van der Waals surface area contributed by atoms with Crippen molar-refractivity contribution in [2.75, 3.05) is 0 Å². The van der Waals surface area contributed by atoms with Gasteiger partial charge in [-0.3, -0.25) is 9.36 Å². The van der Waals surface area contributed by atoms with Crippen LogP contribution in [0.5, 0.6) is 5.75 Å². The van der Waals surface area contributed by atoms with Gasteiger partial charge in [0.1, 0.15) is 10.6 Å². The van der Waals surface area contributed by atoms with Crippen LogP contribution in [0.2, 0.25) is 0 Å². The zero-order valence-corrected chi connectivity index (χ0v) is 13.8. The highest BCUT2D eigenvalue weighted by atomic mass is 32.1. The van der Waals surface area contributed by atoms with Crippen LogP contribution in [-0.2, 0) is 19.4 Å². The lowest BCUT2D eigenvalue weighted by Gasteiger charge is -2.10. The summed E-state index contributed by atoms with van der Waals surface area (Å²) in [6.07, 6.45) is -0.258. The van der Waals surface area contributed by atoms with Gasteiger partial charge < -0.3 is 4.74 Å². The van der Waals surface area contributed by atoms with Crippen molar-refractivity contribution in [3.63, 3.8) is 0 Å². The van der Waals surface area contributed by atoms with E-state index in [4.69, 9.17) is 0 Å². The molecule has 2 aromatic heterocycles. The van der Waals surface area contributed by atoms with Crippen molar-refractivity contribution in [2.45, 2.75) is 32.2 Å². The summed E-state index contributed by atoms with van der Waals surface area (Å²) in [6, 6.07) is 5.50. The smallest absolute Gasteiger partial charge is 0.406 e. The average Bonchev–Trinajstić information content (AvgIpc) is 3.11. The highest BCUT2D eigenvalue weighted by molar-refractivity contribution is 7.18. The number of alkyl halides is 3. The molecule has 1 aromatic carbocycles. The second-order valence-electron chi connectivity index (χ2n) is 5.91. The predicted molar refractivity (Wildman–Crippen MR) is 88.1 cm³/mol. The summed E-state index contributed by atoms with van der Waals surface area (Å²) in [4.78, 5) is 19.1. The third-order valence-electron chi connectivity index (χ3n) is 4.20. The number of hydrogen-bond donors (Lipinski definition) is 0. The molecular formula is C17H13F3N2O2S. The van der Waals surface area contributed by atoms with Gasteiger partial charge in [0.05, 0.1) is 18.3 Å². The van der Waals surface area contributed by atoms with E-state index in [9.17, 15) is 18.0 Å². The molecule has 4 rings (SSSR count). The fourth-order valence-corrected chi connectivity index (χ4v) is 4.34. The molecular weight excluding hydrogens is 353 g/mol. The van der Waals surface area contributed by atoms with Gasteiger partial charge in [0.2, 0.25) is 0 Å². The number of rotatable bonds is 3. The number of aryl methyl sites for hydroxylation is 2. The largest absolute Gasteiger partial charge is 0.573 e. The van der Waals surface area contributed by atoms with E-state index in [2.05, 4.69) is 9.72 Å². The monoisotopic (exact) mass is 366 g/mol. The normalized spacial score (nSPS) is 14.0. The van der Waals surface area contributed by atoms with Crippen molar-refractivity contribution in [3.05, 3.63) is 57.0 Å². The molecule has 1 aliphatic carbocycles. The van der Waals surface area contributed by atoms with Crippen molar-refractivity contribution in [1.29, 1.82) is 0 Å². The molecule has 0 radical (unpaired) electrons. The van der Waals surface area contributed by atoms with Crippen molar-refractivity contribution in [3.8, 4) is 5.75 Å². The maximum Gasteiger partial charge on any atom is 0.573 e. The molecule has 0 bridgehead atoms. The first-order chi connectivity index (χ1) is 11.9. The number of halogens is 3. The minimum atomic E-state index is -4.72. The number of nitrogens with zero attached hydrogens (tertiary/aromatic N) is 2. The van der Waals surface area contributed by atoms with Gasteiger partial charge in [0.15, 0.2) is 0 Å². The number of hydrogen-bond acceptors (Lipinski definition) is 4. The summed E-state index contributed by atoms with van der Waals surface area (Å²) in [5.41, 5.74) is 1.71. The number of benzene rings is 1. The van der Waals surface area contributed by atoms with Crippen LogP contribution < -0.4 is 10.3 Å². The Balaban J connectivity index is 1.63. The van der Waals surface area contributed by atoms with Gasteiger partial charge in [-0.05, 0) is 42.5 Å². The van der Waals surface area contributed by atoms with Gasteiger partial charge in [-0.25, -0.2) is 4.98 Å². The van der Waals surface area contributed by atoms with Crippen LogP contribution in [-0.4, -0.2) is 15.9 Å². The number of thiophene rings is 1. The van der Waals surface area contributed by atoms with Gasteiger partial charge >= 0.3 is 6.36 Å². The van der Waals surface area contributed by atoms with Crippen molar-refractivity contribution in [1.82, 2.24) is 9.55 Å². The molecule has 0 atom stereocenters. The van der Waals surface area contributed by atoms with Crippen molar-refractivity contribution < 1.29 is 17.9 Å².